The number of fused-ring (bicyclic) bond motifs is 1. The van der Waals surface area contributed by atoms with E-state index < -0.39 is 157 Å². The number of carbonyl (C=O) groups excluding carboxylic acids is 14. The number of alkyl halides is 15. The number of allylic oxidation sites excluding steroid dienone is 9. The van der Waals surface area contributed by atoms with Gasteiger partial charge in [-0.05, 0) is 87.4 Å². The molecule has 1 unspecified atom stereocenters. The summed E-state index contributed by atoms with van der Waals surface area (Å²) in [5, 5.41) is 0. The molecule has 2 saturated carbocycles. The fourth-order valence-electron chi connectivity index (χ4n) is 9.63. The van der Waals surface area contributed by atoms with Crippen molar-refractivity contribution in [1.29, 1.82) is 0 Å². The van der Waals surface area contributed by atoms with Gasteiger partial charge in [0.25, 0.3) is 0 Å². The van der Waals surface area contributed by atoms with Crippen LogP contribution in [-0.4, -0.2) is 153 Å². The van der Waals surface area contributed by atoms with Gasteiger partial charge in [0.1, 0.15) is 40.2 Å². The highest BCUT2D eigenvalue weighted by Gasteiger charge is 2.83. The maximum absolute atomic E-state index is 12.3. The van der Waals surface area contributed by atoms with Gasteiger partial charge in [0, 0.05) is 63.9 Å². The molecule has 0 bridgehead atoms. The summed E-state index contributed by atoms with van der Waals surface area (Å²) in [6.07, 6.45) is 12.3. The number of cyclic esters (lactones) is 9. The Hall–Kier alpha value is -10.2. The lowest BCUT2D eigenvalue weighted by atomic mass is 9.98. The predicted octanol–water partition coefficient (Wildman–Crippen LogP) is 17.5. The Labute approximate surface area is 700 Å². The fraction of sp³-hybridized carbons (Fsp3) is 0.453. The number of hydrogen-bond donors (Lipinski definition) is 0. The number of carbonyl (C=O) groups is 14. The first kappa shape index (κ1) is 111. The quantitative estimate of drug-likeness (QED) is 0.0485. The molecule has 3 aliphatic carbocycles. The average molecular weight is 1890 g/mol. The van der Waals surface area contributed by atoms with Crippen molar-refractivity contribution in [2.45, 2.75) is 202 Å². The van der Waals surface area contributed by atoms with E-state index >= 15 is 0 Å². The molecule has 1 atom stereocenters. The zero-order chi connectivity index (χ0) is 96.2. The lowest BCUT2D eigenvalue weighted by Crippen LogP contribution is -2.66. The number of ether oxygens (including phenoxy) is 7. The van der Waals surface area contributed by atoms with Crippen molar-refractivity contribution in [1.82, 2.24) is 0 Å². The van der Waals surface area contributed by atoms with E-state index in [-0.39, 0.29) is 65.9 Å². The molecule has 0 N–H and O–H groups in total. The summed E-state index contributed by atoms with van der Waals surface area (Å²) in [4.78, 5) is 145. The summed E-state index contributed by atoms with van der Waals surface area (Å²) in [6, 6.07) is 6.57. The molecule has 9 heterocycles. The van der Waals surface area contributed by atoms with Crippen LogP contribution in [0.5, 0.6) is 0 Å². The summed E-state index contributed by atoms with van der Waals surface area (Å²) in [7, 11) is -13.5. The summed E-state index contributed by atoms with van der Waals surface area (Å²) in [6.45, 7) is 27.7. The van der Waals surface area contributed by atoms with Gasteiger partial charge in [0.15, 0.2) is 27.1 Å². The van der Waals surface area contributed by atoms with E-state index in [4.69, 9.17) is 17.7 Å². The minimum absolute atomic E-state index is 0.109. The Bertz CT molecular complexity index is 4570. The molecule has 50 heteroatoms. The Morgan fingerprint density at radius 3 is 1.18 bits per heavy atom. The highest BCUT2D eigenvalue weighted by atomic mass is 32.2. The third-order valence-corrected chi connectivity index (χ3v) is 26.1. The molecule has 0 amide bonds. The Kier molecular flexibility index (Phi) is 41.6. The minimum atomic E-state index is -6.08. The maximum Gasteiger partial charge on any atom is 0.420 e. The largest absolute Gasteiger partial charge is 0.432 e. The second kappa shape index (κ2) is 46.9. The third kappa shape index (κ3) is 33.9. The number of Topliss-reactive ketones (excluding diaryl/α,β-unsaturated/α-hetero) is 3. The highest BCUT2D eigenvalue weighted by Crippen LogP contribution is 2.82. The minimum Gasteiger partial charge on any atom is -0.432 e. The van der Waals surface area contributed by atoms with Crippen molar-refractivity contribution in [2.24, 2.45) is 0 Å². The smallest absolute Gasteiger partial charge is 0.420 e. The van der Waals surface area contributed by atoms with Crippen molar-refractivity contribution in [3.05, 3.63) is 151 Å². The molecule has 0 radical (unpaired) electrons. The summed E-state index contributed by atoms with van der Waals surface area (Å²) >= 11 is 0. The number of ketones is 4. The van der Waals surface area contributed by atoms with Crippen molar-refractivity contribution < 1.29 is 210 Å². The molecular weight excluding hydrogens is 1810 g/mol. The van der Waals surface area contributed by atoms with Gasteiger partial charge in [0.2, 0.25) is 11.7 Å². The molecule has 9 aliphatic heterocycles. The fourth-order valence-corrected chi connectivity index (χ4v) is 20.1. The molecule has 0 aromatic heterocycles. The van der Waals surface area contributed by atoms with E-state index in [1.54, 1.807) is 57.2 Å². The second-order valence-electron chi connectivity index (χ2n) is 26.6. The van der Waals surface area contributed by atoms with Crippen LogP contribution in [0.1, 0.15) is 166 Å². The number of benzene rings is 1. The van der Waals surface area contributed by atoms with E-state index in [1.807, 2.05) is 0 Å². The van der Waals surface area contributed by atoms with Crippen molar-refractivity contribution in [2.75, 3.05) is 18.5 Å². The Balaban J connectivity index is 0.000000466. The van der Waals surface area contributed by atoms with E-state index in [2.05, 4.69) is 84.5 Å². The SMILES string of the molecule is C=C1C=CC(=O)C1.C=C1CC(F)(F)C(=O)O1.C=C1CCC(=O)C1.C=C1CCCCC(=O)O1.C=C1OC(=O)C(F)(F)C1(F)F.C=C1OC(=O)C(F)=C1F.C=C1OC(=O)C=C1C(F)(F)F.C=S1(=O)OC(=O)c2ccccc21.CCCP1(=O)OP(=O)(CCC)OP(=O)(CCC)O1.O=C1CCCC(=O)C1.O=C1CCCCCC(=O)O1.O=C1OC(=O)C(F)(F)C(F)(F)C1(F)F. The molecule has 13 rings (SSSR count). The van der Waals surface area contributed by atoms with E-state index in [0.29, 0.717) is 92.3 Å². The van der Waals surface area contributed by atoms with E-state index in [1.165, 1.54) is 0 Å². The van der Waals surface area contributed by atoms with Gasteiger partial charge >= 0.3 is 124 Å². The molecule has 125 heavy (non-hydrogen) atoms. The molecule has 1 aromatic rings. The first-order valence-electron chi connectivity index (χ1n) is 36.1. The van der Waals surface area contributed by atoms with Crippen molar-refractivity contribution >= 4 is 121 Å². The van der Waals surface area contributed by atoms with Crippen LogP contribution in [0.25, 0.3) is 0 Å². The number of hydrogen-bond acceptors (Lipinski definition) is 29. The molecule has 12 aliphatic rings. The van der Waals surface area contributed by atoms with Gasteiger partial charge < -0.3 is 37.3 Å². The van der Waals surface area contributed by atoms with Gasteiger partial charge in [0.05, 0.1) is 41.8 Å². The van der Waals surface area contributed by atoms with Gasteiger partial charge in [-0.25, -0.2) is 50.7 Å². The van der Waals surface area contributed by atoms with Crippen LogP contribution >= 0.6 is 22.8 Å². The summed E-state index contributed by atoms with van der Waals surface area (Å²) < 4.78 is 301. The normalized spacial score (nSPS) is 25.5. The van der Waals surface area contributed by atoms with Gasteiger partial charge in [-0.1, -0.05) is 97.0 Å². The number of halogens is 17. The average Bonchev–Trinajstić information content (AvgIpc) is 1.63. The van der Waals surface area contributed by atoms with Gasteiger partial charge in [-0.2, -0.15) is 74.6 Å². The molecule has 1 aromatic carbocycles. The van der Waals surface area contributed by atoms with Crippen LogP contribution in [0.3, 0.4) is 0 Å². The molecule has 6 saturated heterocycles. The summed E-state index contributed by atoms with van der Waals surface area (Å²) in [5.41, 5.74) is 1.27. The maximum atomic E-state index is 12.3. The third-order valence-electron chi connectivity index (χ3n) is 15.7. The van der Waals surface area contributed by atoms with Crippen LogP contribution in [0, 0.1) is 0 Å². The van der Waals surface area contributed by atoms with E-state index in [9.17, 15) is 160 Å². The second-order valence-corrected chi connectivity index (χ2v) is 35.4. The topological polar surface area (TPSA) is 409 Å². The monoisotopic (exact) mass is 1890 g/mol. The van der Waals surface area contributed by atoms with Crippen molar-refractivity contribution in [3.63, 3.8) is 0 Å². The molecular formula is C75H80F17O29P3S. The lowest BCUT2D eigenvalue weighted by Gasteiger charge is -2.33. The molecule has 29 nitrogen and oxygen atoms in total. The lowest BCUT2D eigenvalue weighted by molar-refractivity contribution is -0.316. The van der Waals surface area contributed by atoms with Crippen LogP contribution in [0.4, 0.5) is 74.6 Å². The van der Waals surface area contributed by atoms with Crippen LogP contribution in [-0.2, 0) is 136 Å². The van der Waals surface area contributed by atoms with Crippen molar-refractivity contribution in [3.8, 4) is 0 Å². The van der Waals surface area contributed by atoms with E-state index in [0.717, 1.165) is 68.9 Å². The number of esters is 9. The summed E-state index contributed by atoms with van der Waals surface area (Å²) in [5.74, 6) is -44.6. The predicted molar refractivity (Wildman–Crippen MR) is 399 cm³/mol. The number of rotatable bonds is 6. The van der Waals surface area contributed by atoms with Crippen LogP contribution < -0.4 is 0 Å². The van der Waals surface area contributed by atoms with Crippen LogP contribution in [0.2, 0.25) is 0 Å². The standard InChI is InChI=1S/C9H21O6P3.C8H6O3S.C7H10O3.C7H10O2.C6H3F3O2.C6H8O2.C6H8O.C6H6O.C5F6O3.C5H2F4O2.C5H4F2O2.C5H2F2O2/c1-4-7-16(10)13-17(11,8-5-2)15-18(12,14-16)9-6-3;1-12(10)7-5-3-2-4-6(7)8(9)11-12;8-6-4-2-1-3-5-7(9)10-6;1-6-4-2-3-5-7(8)9-6;1-3-4(6(7,8)9)2-5(10)11-3;7-5-2-1-3-6(8)4-5;2*1-5-2-3-6(7)4-5;6-3(7)1(12)14-2(13)4(8,9)5(3,10)11;1-2-4(6,7)5(8,9)3(10)11-2;1-3-2-5(6,7)4(8)9-3;1-2-3(6)4(7)5(8)9-2/h4-9H2,1-3H3;2-5H,1H2;1-5H2;1-5H2;2H,1H2;1-4H2;1-4H2;2-3H,1,4H2;;1H2;1-2H2;1H2. The van der Waals surface area contributed by atoms with Crippen LogP contribution in [0.15, 0.2) is 151 Å². The molecule has 8 fully saturated rings. The first-order valence-corrected chi connectivity index (χ1v) is 43.0. The zero-order valence-corrected chi connectivity index (χ0v) is 69.7. The first-order chi connectivity index (χ1) is 57.3. The Morgan fingerprint density at radius 1 is 0.448 bits per heavy atom. The molecule has 694 valence electrons. The zero-order valence-electron chi connectivity index (χ0n) is 66.2. The highest BCUT2D eigenvalue weighted by molar-refractivity contribution is 7.96. The Morgan fingerprint density at radius 2 is 0.904 bits per heavy atom. The van der Waals surface area contributed by atoms with Gasteiger partial charge in [-0.3, -0.25) is 47.3 Å². The van der Waals surface area contributed by atoms with Gasteiger partial charge in [-0.15, -0.1) is 0 Å². The molecule has 0 spiro atoms.